The van der Waals surface area contributed by atoms with Crippen LogP contribution in [0.4, 0.5) is 11.5 Å². The number of nitrogen functional groups attached to an aromatic ring is 1. The molecule has 6 heteroatoms. The Hall–Kier alpha value is -1.98. The minimum absolute atomic E-state index is 0.0327. The molecular weight excluding hydrogens is 318 g/mol. The topological polar surface area (TPSA) is 77.7 Å². The highest BCUT2D eigenvalue weighted by atomic mass is 16.5. The van der Waals surface area contributed by atoms with E-state index in [1.54, 1.807) is 0 Å². The first-order chi connectivity index (χ1) is 12.0. The lowest BCUT2D eigenvalue weighted by atomic mass is 10.3. The van der Waals surface area contributed by atoms with Crippen LogP contribution in [0, 0.1) is 0 Å². The number of pyridine rings is 1. The molecule has 1 atom stereocenters. The van der Waals surface area contributed by atoms with Gasteiger partial charge in [0, 0.05) is 37.3 Å². The third-order valence-corrected chi connectivity index (χ3v) is 3.84. The second-order valence-corrected chi connectivity index (χ2v) is 6.24. The molecule has 0 spiro atoms. The Balaban J connectivity index is 2.54. The molecule has 0 saturated carbocycles. The maximum absolute atomic E-state index is 11.6. The molecule has 0 amide bonds. The predicted octanol–water partition coefficient (Wildman–Crippen LogP) is 3.79. The Bertz CT molecular complexity index is 517. The van der Waals surface area contributed by atoms with Gasteiger partial charge in [-0.2, -0.15) is 4.98 Å². The first-order valence-corrected chi connectivity index (χ1v) is 9.34. The Labute approximate surface area is 151 Å². The Morgan fingerprint density at radius 3 is 2.52 bits per heavy atom. The number of rotatable bonds is 12. The summed E-state index contributed by atoms with van der Waals surface area (Å²) in [7, 11) is 0. The number of anilines is 2. The summed E-state index contributed by atoms with van der Waals surface area (Å²) in [5, 5.41) is 0. The average molecular weight is 351 g/mol. The van der Waals surface area contributed by atoms with Crippen molar-refractivity contribution < 1.29 is 14.3 Å². The molecule has 0 aromatic carbocycles. The first kappa shape index (κ1) is 21.1. The molecule has 0 aliphatic rings. The van der Waals surface area contributed by atoms with E-state index in [1.165, 1.54) is 0 Å². The normalized spacial score (nSPS) is 11.8. The van der Waals surface area contributed by atoms with E-state index in [1.807, 2.05) is 26.0 Å². The van der Waals surface area contributed by atoms with E-state index in [0.29, 0.717) is 31.1 Å². The number of nitrogens with zero attached hydrogens (tertiary/aromatic N) is 2. The van der Waals surface area contributed by atoms with Crippen molar-refractivity contribution in [2.75, 3.05) is 30.3 Å². The van der Waals surface area contributed by atoms with Crippen LogP contribution < -0.4 is 15.4 Å². The third kappa shape index (κ3) is 8.09. The fraction of sp³-hybridized carbons (Fsp3) is 0.684. The Kier molecular flexibility index (Phi) is 9.73. The maximum Gasteiger partial charge on any atom is 0.306 e. The lowest BCUT2D eigenvalue weighted by molar-refractivity contribution is -0.148. The minimum atomic E-state index is -0.184. The summed E-state index contributed by atoms with van der Waals surface area (Å²) in [5.41, 5.74) is 6.95. The third-order valence-electron chi connectivity index (χ3n) is 3.84. The van der Waals surface area contributed by atoms with E-state index in [4.69, 9.17) is 15.2 Å². The van der Waals surface area contributed by atoms with Crippen molar-refractivity contribution in [3.05, 3.63) is 12.1 Å². The van der Waals surface area contributed by atoms with Crippen LogP contribution in [0.5, 0.6) is 5.88 Å². The van der Waals surface area contributed by atoms with Crippen LogP contribution in [0.25, 0.3) is 0 Å². The summed E-state index contributed by atoms with van der Waals surface area (Å²) < 4.78 is 10.9. The van der Waals surface area contributed by atoms with Gasteiger partial charge >= 0.3 is 5.97 Å². The fourth-order valence-electron chi connectivity index (χ4n) is 2.44. The molecule has 142 valence electrons. The van der Waals surface area contributed by atoms with E-state index >= 15 is 0 Å². The first-order valence-electron chi connectivity index (χ1n) is 9.34. The smallest absolute Gasteiger partial charge is 0.306 e. The molecule has 0 aliphatic heterocycles. The summed E-state index contributed by atoms with van der Waals surface area (Å²) in [5.74, 6) is 0.764. The highest BCUT2D eigenvalue weighted by Gasteiger charge is 2.10. The molecule has 0 aliphatic carbocycles. The molecule has 1 aromatic rings. The summed E-state index contributed by atoms with van der Waals surface area (Å²) in [6.45, 7) is 10.5. The van der Waals surface area contributed by atoms with Gasteiger partial charge in [-0.1, -0.05) is 20.8 Å². The molecule has 0 bridgehead atoms. The number of hydrogen-bond acceptors (Lipinski definition) is 6. The predicted molar refractivity (Wildman–Crippen MR) is 102 cm³/mol. The van der Waals surface area contributed by atoms with E-state index in [-0.39, 0.29) is 12.1 Å². The Morgan fingerprint density at radius 2 is 1.92 bits per heavy atom. The molecule has 2 N–H and O–H groups in total. The van der Waals surface area contributed by atoms with Crippen LogP contribution in [-0.2, 0) is 9.53 Å². The lowest BCUT2D eigenvalue weighted by Gasteiger charge is -2.24. The van der Waals surface area contributed by atoms with Crippen molar-refractivity contribution in [1.29, 1.82) is 0 Å². The number of nitrogens with two attached hydrogens (primary N) is 1. The zero-order valence-corrected chi connectivity index (χ0v) is 16.1. The second-order valence-electron chi connectivity index (χ2n) is 6.24. The monoisotopic (exact) mass is 351 g/mol. The summed E-state index contributed by atoms with van der Waals surface area (Å²) in [6.07, 6.45) is 3.86. The molecule has 0 saturated heterocycles. The van der Waals surface area contributed by atoms with Crippen LogP contribution in [0.2, 0.25) is 0 Å². The van der Waals surface area contributed by atoms with Crippen LogP contribution in [0.15, 0.2) is 12.1 Å². The molecule has 0 radical (unpaired) electrons. The van der Waals surface area contributed by atoms with Gasteiger partial charge in [0.15, 0.2) is 0 Å². The van der Waals surface area contributed by atoms with E-state index in [0.717, 1.165) is 38.0 Å². The van der Waals surface area contributed by atoms with Gasteiger partial charge in [-0.15, -0.1) is 0 Å². The molecule has 1 aromatic heterocycles. The average Bonchev–Trinajstić information content (AvgIpc) is 2.58. The van der Waals surface area contributed by atoms with E-state index < -0.39 is 0 Å². The quantitative estimate of drug-likeness (QED) is 0.456. The number of carbonyl (C=O) groups excluding carboxylic acids is 1. The molecule has 0 fully saturated rings. The van der Waals surface area contributed by atoms with Crippen molar-refractivity contribution in [3.8, 4) is 5.88 Å². The number of ether oxygens (including phenoxy) is 2. The van der Waals surface area contributed by atoms with Crippen LogP contribution in [0.3, 0.4) is 0 Å². The van der Waals surface area contributed by atoms with Gasteiger partial charge in [0.1, 0.15) is 5.82 Å². The van der Waals surface area contributed by atoms with Gasteiger partial charge in [-0.25, -0.2) is 0 Å². The van der Waals surface area contributed by atoms with E-state index in [2.05, 4.69) is 23.7 Å². The van der Waals surface area contributed by atoms with Crippen molar-refractivity contribution in [2.45, 2.75) is 65.9 Å². The van der Waals surface area contributed by atoms with Crippen molar-refractivity contribution in [3.63, 3.8) is 0 Å². The molecular formula is C19H33N3O3. The van der Waals surface area contributed by atoms with Gasteiger partial charge in [0.25, 0.3) is 0 Å². The van der Waals surface area contributed by atoms with Crippen molar-refractivity contribution in [2.24, 2.45) is 0 Å². The Morgan fingerprint density at radius 1 is 1.24 bits per heavy atom. The van der Waals surface area contributed by atoms with Crippen molar-refractivity contribution in [1.82, 2.24) is 4.98 Å². The van der Waals surface area contributed by atoms with Gasteiger partial charge in [-0.05, 0) is 32.6 Å². The largest absolute Gasteiger partial charge is 0.478 e. The van der Waals surface area contributed by atoms with Gasteiger partial charge in [0.05, 0.1) is 12.7 Å². The van der Waals surface area contributed by atoms with E-state index in [9.17, 15) is 4.79 Å². The maximum atomic E-state index is 11.6. The molecule has 6 nitrogen and oxygen atoms in total. The van der Waals surface area contributed by atoms with Gasteiger partial charge in [0.2, 0.25) is 5.88 Å². The van der Waals surface area contributed by atoms with Crippen LogP contribution in [0.1, 0.15) is 59.8 Å². The van der Waals surface area contributed by atoms with Crippen LogP contribution >= 0.6 is 0 Å². The lowest BCUT2D eigenvalue weighted by Crippen LogP contribution is -2.25. The zero-order valence-electron chi connectivity index (χ0n) is 16.1. The highest BCUT2D eigenvalue weighted by Crippen LogP contribution is 2.23. The summed E-state index contributed by atoms with van der Waals surface area (Å²) in [4.78, 5) is 18.2. The fourth-order valence-corrected chi connectivity index (χ4v) is 2.44. The molecule has 1 heterocycles. The van der Waals surface area contributed by atoms with Crippen molar-refractivity contribution >= 4 is 17.5 Å². The summed E-state index contributed by atoms with van der Waals surface area (Å²) in [6, 6.07) is 3.79. The number of esters is 1. The number of carbonyl (C=O) groups is 1. The standard InChI is InChI=1S/C19H33N3O3/c1-5-10-22(11-6-2)16-13-17(20)21-18(14-16)24-12-8-9-19(23)25-15(4)7-3/h13-15H,5-12H2,1-4H3,(H2,20,21). The minimum Gasteiger partial charge on any atom is -0.478 e. The highest BCUT2D eigenvalue weighted by molar-refractivity contribution is 5.69. The second kappa shape index (κ2) is 11.6. The number of aromatic nitrogens is 1. The van der Waals surface area contributed by atoms with Gasteiger partial charge in [-0.3, -0.25) is 4.79 Å². The molecule has 1 unspecified atom stereocenters. The number of hydrogen-bond donors (Lipinski definition) is 1. The molecule has 25 heavy (non-hydrogen) atoms. The van der Waals surface area contributed by atoms with Crippen LogP contribution in [-0.4, -0.2) is 36.8 Å². The SMILES string of the molecule is CCCN(CCC)c1cc(N)nc(OCCCC(=O)OC(C)CC)c1. The van der Waals surface area contributed by atoms with Gasteiger partial charge < -0.3 is 20.1 Å². The molecule has 1 rings (SSSR count). The summed E-state index contributed by atoms with van der Waals surface area (Å²) >= 11 is 0. The zero-order chi connectivity index (χ0) is 18.7.